The van der Waals surface area contributed by atoms with Gasteiger partial charge in [0.2, 0.25) is 0 Å². The van der Waals surface area contributed by atoms with Crippen LogP contribution in [0.1, 0.15) is 40.5 Å². The first kappa shape index (κ1) is 17.3. The molecule has 0 fully saturated rings. The molecule has 0 unspecified atom stereocenters. The van der Waals surface area contributed by atoms with Crippen molar-refractivity contribution in [1.82, 2.24) is 9.88 Å². The minimum Gasteiger partial charge on any atom is -0.350 e. The molecule has 1 N–H and O–H groups in total. The first-order valence-corrected chi connectivity index (χ1v) is 8.88. The lowest BCUT2D eigenvalue weighted by atomic mass is 10.1. The number of carbonyl (C=O) groups is 1. The van der Waals surface area contributed by atoms with Gasteiger partial charge in [-0.3, -0.25) is 4.79 Å². The lowest BCUT2D eigenvalue weighted by Crippen LogP contribution is -2.32. The Labute approximate surface area is 149 Å². The van der Waals surface area contributed by atoms with Gasteiger partial charge >= 0.3 is 0 Å². The molecule has 2 aromatic carbocycles. The summed E-state index contributed by atoms with van der Waals surface area (Å²) in [6, 6.07) is 16.5. The van der Waals surface area contributed by atoms with E-state index in [4.69, 9.17) is 0 Å². The second-order valence-electron chi connectivity index (χ2n) is 6.90. The van der Waals surface area contributed by atoms with Gasteiger partial charge in [-0.1, -0.05) is 30.3 Å². The molecule has 1 heterocycles. The monoisotopic (exact) mass is 334 g/mol. The summed E-state index contributed by atoms with van der Waals surface area (Å²) in [4.78, 5) is 12.6. The van der Waals surface area contributed by atoms with Gasteiger partial charge in [0.1, 0.15) is 0 Å². The fourth-order valence-electron chi connectivity index (χ4n) is 3.30. The average Bonchev–Trinajstić information content (AvgIpc) is 2.85. The summed E-state index contributed by atoms with van der Waals surface area (Å²) in [7, 11) is 2.07. The van der Waals surface area contributed by atoms with Crippen molar-refractivity contribution in [1.29, 1.82) is 0 Å². The number of nitrogens with one attached hydrogen (secondary N) is 1. The third-order valence-corrected chi connectivity index (χ3v) is 5.16. The number of benzene rings is 2. The van der Waals surface area contributed by atoms with E-state index in [1.165, 1.54) is 22.3 Å². The summed E-state index contributed by atoms with van der Waals surface area (Å²) < 4.78 is 2.18. The largest absolute Gasteiger partial charge is 0.350 e. The van der Waals surface area contributed by atoms with E-state index < -0.39 is 0 Å². The molecule has 3 nitrogen and oxygen atoms in total. The Morgan fingerprint density at radius 1 is 1.12 bits per heavy atom. The van der Waals surface area contributed by atoms with Gasteiger partial charge in [-0.2, -0.15) is 0 Å². The number of nitrogens with zero attached hydrogens (tertiary/aromatic N) is 1. The van der Waals surface area contributed by atoms with Crippen LogP contribution >= 0.6 is 0 Å². The maximum Gasteiger partial charge on any atom is 0.251 e. The molecule has 25 heavy (non-hydrogen) atoms. The Morgan fingerprint density at radius 3 is 2.56 bits per heavy atom. The van der Waals surface area contributed by atoms with E-state index in [1.54, 1.807) is 0 Å². The van der Waals surface area contributed by atoms with Gasteiger partial charge in [0.25, 0.3) is 5.91 Å². The summed E-state index contributed by atoms with van der Waals surface area (Å²) in [6.45, 7) is 6.29. The van der Waals surface area contributed by atoms with Crippen molar-refractivity contribution in [3.8, 4) is 0 Å². The highest BCUT2D eigenvalue weighted by Crippen LogP contribution is 2.25. The molecule has 3 rings (SSSR count). The highest BCUT2D eigenvalue weighted by atomic mass is 16.1. The Bertz CT molecular complexity index is 893. The maximum absolute atomic E-state index is 12.6. The van der Waals surface area contributed by atoms with Gasteiger partial charge in [-0.15, -0.1) is 0 Å². The van der Waals surface area contributed by atoms with Gasteiger partial charge in [0, 0.05) is 35.2 Å². The number of fused-ring (bicyclic) bond motifs is 1. The van der Waals surface area contributed by atoms with Crippen molar-refractivity contribution in [2.24, 2.45) is 7.05 Å². The molecular formula is C22H26N2O. The molecule has 0 bridgehead atoms. The molecule has 0 aliphatic carbocycles. The molecule has 0 spiro atoms. The van der Waals surface area contributed by atoms with Crippen LogP contribution in [-0.2, 0) is 13.5 Å². The molecule has 3 aromatic rings. The molecule has 0 aliphatic rings. The maximum atomic E-state index is 12.6. The van der Waals surface area contributed by atoms with Crippen molar-refractivity contribution >= 4 is 16.8 Å². The Balaban J connectivity index is 1.68. The van der Waals surface area contributed by atoms with E-state index in [0.29, 0.717) is 0 Å². The highest BCUT2D eigenvalue weighted by Gasteiger charge is 2.14. The number of aryl methyl sites for hydroxylation is 3. The summed E-state index contributed by atoms with van der Waals surface area (Å²) in [5, 5.41) is 4.28. The minimum absolute atomic E-state index is 0.00312. The molecule has 130 valence electrons. The van der Waals surface area contributed by atoms with E-state index in [-0.39, 0.29) is 11.9 Å². The van der Waals surface area contributed by atoms with Crippen molar-refractivity contribution in [2.75, 3.05) is 0 Å². The van der Waals surface area contributed by atoms with Crippen LogP contribution in [0.4, 0.5) is 0 Å². The van der Waals surface area contributed by atoms with Crippen LogP contribution in [0.3, 0.4) is 0 Å². The van der Waals surface area contributed by atoms with Crippen molar-refractivity contribution in [2.45, 2.75) is 39.7 Å². The van der Waals surface area contributed by atoms with E-state index in [2.05, 4.69) is 62.0 Å². The fraction of sp³-hybridized carbons (Fsp3) is 0.318. The summed E-state index contributed by atoms with van der Waals surface area (Å²) in [6.07, 6.45) is 1.90. The molecule has 0 saturated carbocycles. The van der Waals surface area contributed by atoms with E-state index in [1.807, 2.05) is 24.3 Å². The second-order valence-corrected chi connectivity index (χ2v) is 6.90. The molecule has 1 amide bonds. The smallest absolute Gasteiger partial charge is 0.251 e. The van der Waals surface area contributed by atoms with Crippen LogP contribution in [0.2, 0.25) is 0 Å². The molecule has 1 atom stereocenters. The molecule has 0 radical (unpaired) electrons. The topological polar surface area (TPSA) is 34.0 Å². The number of carbonyl (C=O) groups excluding carboxylic acids is 1. The number of rotatable bonds is 5. The number of hydrogen-bond donors (Lipinski definition) is 1. The van der Waals surface area contributed by atoms with Crippen LogP contribution in [0.25, 0.3) is 10.9 Å². The predicted octanol–water partition coefficient (Wildman–Crippen LogP) is 4.55. The van der Waals surface area contributed by atoms with Gasteiger partial charge in [-0.05, 0) is 62.9 Å². The van der Waals surface area contributed by atoms with Crippen LogP contribution < -0.4 is 5.32 Å². The van der Waals surface area contributed by atoms with Crippen molar-refractivity contribution < 1.29 is 4.79 Å². The number of hydrogen-bond acceptors (Lipinski definition) is 1. The van der Waals surface area contributed by atoms with Crippen LogP contribution in [0.5, 0.6) is 0 Å². The van der Waals surface area contributed by atoms with Crippen molar-refractivity contribution in [3.05, 3.63) is 70.9 Å². The summed E-state index contributed by atoms with van der Waals surface area (Å²) in [5.74, 6) is 0.00312. The summed E-state index contributed by atoms with van der Waals surface area (Å²) in [5.41, 5.74) is 5.69. The van der Waals surface area contributed by atoms with E-state index in [9.17, 15) is 4.79 Å². The van der Waals surface area contributed by atoms with E-state index >= 15 is 0 Å². The Hall–Kier alpha value is -2.55. The number of aromatic nitrogens is 1. The van der Waals surface area contributed by atoms with Gasteiger partial charge in [0.05, 0.1) is 0 Å². The molecule has 1 aromatic heterocycles. The SMILES string of the molecule is Cc1c(C)n(C)c2ccc(C(=O)N[C@H](C)CCc3ccccc3)cc12. The quantitative estimate of drug-likeness (QED) is 0.730. The van der Waals surface area contributed by atoms with Crippen LogP contribution in [0, 0.1) is 13.8 Å². The van der Waals surface area contributed by atoms with Gasteiger partial charge < -0.3 is 9.88 Å². The van der Waals surface area contributed by atoms with Crippen molar-refractivity contribution in [3.63, 3.8) is 0 Å². The van der Waals surface area contributed by atoms with Crippen LogP contribution in [-0.4, -0.2) is 16.5 Å². The predicted molar refractivity (Wildman–Crippen MR) is 104 cm³/mol. The Morgan fingerprint density at radius 2 is 1.84 bits per heavy atom. The van der Waals surface area contributed by atoms with Gasteiger partial charge in [-0.25, -0.2) is 0 Å². The lowest BCUT2D eigenvalue weighted by Gasteiger charge is -2.14. The zero-order valence-electron chi connectivity index (χ0n) is 15.5. The third kappa shape index (κ3) is 3.60. The van der Waals surface area contributed by atoms with Gasteiger partial charge in [0.15, 0.2) is 0 Å². The molecular weight excluding hydrogens is 308 g/mol. The standard InChI is InChI=1S/C22H26N2O/c1-15(10-11-18-8-6-5-7-9-18)23-22(25)19-12-13-21-20(14-19)16(2)17(3)24(21)4/h5-9,12-15H,10-11H2,1-4H3,(H,23,25)/t15-/m1/s1. The molecule has 3 heteroatoms. The first-order valence-electron chi connectivity index (χ1n) is 8.88. The first-order chi connectivity index (χ1) is 12.0. The summed E-state index contributed by atoms with van der Waals surface area (Å²) >= 11 is 0. The van der Waals surface area contributed by atoms with Crippen LogP contribution in [0.15, 0.2) is 48.5 Å². The minimum atomic E-state index is 0.00312. The fourth-order valence-corrected chi connectivity index (χ4v) is 3.30. The zero-order chi connectivity index (χ0) is 18.0. The third-order valence-electron chi connectivity index (χ3n) is 5.16. The second kappa shape index (κ2) is 7.14. The highest BCUT2D eigenvalue weighted by molar-refractivity contribution is 5.99. The normalized spacial score (nSPS) is 12.3. The average molecular weight is 334 g/mol. The molecule has 0 saturated heterocycles. The molecule has 0 aliphatic heterocycles. The Kier molecular flexibility index (Phi) is 4.93. The zero-order valence-corrected chi connectivity index (χ0v) is 15.5. The number of amides is 1. The lowest BCUT2D eigenvalue weighted by molar-refractivity contribution is 0.0938. The van der Waals surface area contributed by atoms with E-state index in [0.717, 1.165) is 23.8 Å².